The molecule has 0 fully saturated rings. The predicted octanol–water partition coefficient (Wildman–Crippen LogP) is -0.0275. The summed E-state index contributed by atoms with van der Waals surface area (Å²) in [7, 11) is 0. The Kier molecular flexibility index (Phi) is 3.24. The van der Waals surface area contributed by atoms with Crippen LogP contribution in [-0.4, -0.2) is 24.6 Å². The molecular weight excluding hydrogens is 194 g/mol. The lowest BCUT2D eigenvalue weighted by atomic mass is 9.85. The average Bonchev–Trinajstić information content (AvgIpc) is 2.18. The van der Waals surface area contributed by atoms with E-state index in [9.17, 15) is 9.59 Å². The maximum absolute atomic E-state index is 11.6. The second-order valence-electron chi connectivity index (χ2n) is 3.69. The van der Waals surface area contributed by atoms with Gasteiger partial charge in [-0.25, -0.2) is 0 Å². The smallest absolute Gasteiger partial charge is 0.266 e. The van der Waals surface area contributed by atoms with E-state index in [0.717, 1.165) is 0 Å². The normalized spacial score (nSPS) is 24.5. The van der Waals surface area contributed by atoms with Crippen LogP contribution in [0.4, 0.5) is 0 Å². The number of aliphatic imine (C=N–C) groups is 1. The minimum absolute atomic E-state index is 0.0893. The maximum Gasteiger partial charge on any atom is 0.266 e. The summed E-state index contributed by atoms with van der Waals surface area (Å²) in [5, 5.41) is 2.72. The van der Waals surface area contributed by atoms with Gasteiger partial charge in [0.15, 0.2) is 0 Å². The molecule has 1 atom stereocenters. The van der Waals surface area contributed by atoms with Gasteiger partial charge in [-0.1, -0.05) is 6.08 Å². The molecule has 1 aliphatic rings. The van der Waals surface area contributed by atoms with Gasteiger partial charge in [-0.15, -0.1) is 0 Å². The average molecular weight is 209 g/mol. The number of nitrogens with two attached hydrogens (primary N) is 1. The maximum atomic E-state index is 11.6. The first-order chi connectivity index (χ1) is 6.99. The van der Waals surface area contributed by atoms with Crippen molar-refractivity contribution in [2.24, 2.45) is 16.1 Å². The molecule has 82 valence electrons. The summed E-state index contributed by atoms with van der Waals surface area (Å²) in [4.78, 5) is 26.3. The largest absolute Gasteiger partial charge is 0.364 e. The molecule has 0 bridgehead atoms. The third kappa shape index (κ3) is 2.43. The van der Waals surface area contributed by atoms with Crippen molar-refractivity contribution in [3.8, 4) is 0 Å². The van der Waals surface area contributed by atoms with Gasteiger partial charge in [0.2, 0.25) is 5.91 Å². The quantitative estimate of drug-likeness (QED) is 0.684. The van der Waals surface area contributed by atoms with Gasteiger partial charge < -0.3 is 11.1 Å². The minimum atomic E-state index is -0.672. The van der Waals surface area contributed by atoms with Crippen LogP contribution in [0.5, 0.6) is 0 Å². The first kappa shape index (κ1) is 11.4. The second-order valence-corrected chi connectivity index (χ2v) is 3.69. The molecular formula is C10H15N3O2. The Labute approximate surface area is 88.4 Å². The molecule has 0 spiro atoms. The van der Waals surface area contributed by atoms with Crippen LogP contribution in [0, 0.1) is 5.41 Å². The Balaban J connectivity index is 2.75. The fourth-order valence-electron chi connectivity index (χ4n) is 1.30. The Morgan fingerprint density at radius 1 is 1.67 bits per heavy atom. The molecule has 0 aromatic rings. The van der Waals surface area contributed by atoms with Crippen molar-refractivity contribution in [3.63, 3.8) is 0 Å². The highest BCUT2D eigenvalue weighted by Crippen LogP contribution is 2.25. The van der Waals surface area contributed by atoms with Gasteiger partial charge >= 0.3 is 0 Å². The van der Waals surface area contributed by atoms with E-state index in [1.807, 2.05) is 6.92 Å². The molecule has 0 saturated carbocycles. The van der Waals surface area contributed by atoms with Crippen molar-refractivity contribution in [2.45, 2.75) is 20.3 Å². The molecule has 5 heteroatoms. The van der Waals surface area contributed by atoms with Gasteiger partial charge in [-0.2, -0.15) is 0 Å². The highest BCUT2D eigenvalue weighted by Gasteiger charge is 2.32. The lowest BCUT2D eigenvalue weighted by Crippen LogP contribution is -2.41. The van der Waals surface area contributed by atoms with Gasteiger partial charge in [-0.3, -0.25) is 14.6 Å². The van der Waals surface area contributed by atoms with Crippen LogP contribution < -0.4 is 11.1 Å². The zero-order valence-corrected chi connectivity index (χ0v) is 8.91. The van der Waals surface area contributed by atoms with Crippen LogP contribution in [0.2, 0.25) is 0 Å². The number of carbonyl (C=O) groups is 2. The molecule has 0 aliphatic carbocycles. The summed E-state index contributed by atoms with van der Waals surface area (Å²) in [6.45, 7) is 4.20. The summed E-state index contributed by atoms with van der Waals surface area (Å²) in [6.07, 6.45) is 3.52. The standard InChI is InChI=1S/C10H15N3O2/c1-3-12-9(15)10(2)5-4-7(8(11)14)13-6-10/h4,6H,3,5H2,1-2H3,(H2,11,14)(H,12,15). The van der Waals surface area contributed by atoms with Crippen molar-refractivity contribution in [1.29, 1.82) is 0 Å². The van der Waals surface area contributed by atoms with Crippen LogP contribution >= 0.6 is 0 Å². The predicted molar refractivity (Wildman–Crippen MR) is 57.2 cm³/mol. The molecule has 0 aromatic carbocycles. The Morgan fingerprint density at radius 2 is 2.33 bits per heavy atom. The van der Waals surface area contributed by atoms with Crippen LogP contribution in [0.1, 0.15) is 20.3 Å². The van der Waals surface area contributed by atoms with Crippen molar-refractivity contribution in [3.05, 3.63) is 11.8 Å². The number of carbonyl (C=O) groups excluding carboxylic acids is 2. The number of hydrogen-bond donors (Lipinski definition) is 2. The molecule has 1 unspecified atom stereocenters. The molecule has 0 radical (unpaired) electrons. The summed E-state index contributed by atoms with van der Waals surface area (Å²) >= 11 is 0. The fraction of sp³-hybridized carbons (Fsp3) is 0.500. The molecule has 1 heterocycles. The van der Waals surface area contributed by atoms with E-state index in [-0.39, 0.29) is 11.6 Å². The van der Waals surface area contributed by atoms with Crippen LogP contribution in [-0.2, 0) is 9.59 Å². The van der Waals surface area contributed by atoms with E-state index in [0.29, 0.717) is 13.0 Å². The van der Waals surface area contributed by atoms with E-state index in [2.05, 4.69) is 10.3 Å². The van der Waals surface area contributed by atoms with Crippen molar-refractivity contribution < 1.29 is 9.59 Å². The number of primary amides is 1. The summed E-state index contributed by atoms with van der Waals surface area (Å²) in [6, 6.07) is 0. The van der Waals surface area contributed by atoms with Crippen LogP contribution in [0.25, 0.3) is 0 Å². The summed E-state index contributed by atoms with van der Waals surface area (Å²) in [5.74, 6) is -0.655. The van der Waals surface area contributed by atoms with Gasteiger partial charge in [-0.05, 0) is 20.3 Å². The SMILES string of the molecule is CCNC(=O)C1(C)C=NC(C(N)=O)=CC1. The molecule has 15 heavy (non-hydrogen) atoms. The molecule has 3 N–H and O–H groups in total. The van der Waals surface area contributed by atoms with Crippen molar-refractivity contribution in [1.82, 2.24) is 5.32 Å². The molecule has 0 aromatic heterocycles. The van der Waals surface area contributed by atoms with E-state index in [1.54, 1.807) is 13.0 Å². The zero-order valence-electron chi connectivity index (χ0n) is 8.91. The van der Waals surface area contributed by atoms with E-state index < -0.39 is 11.3 Å². The van der Waals surface area contributed by atoms with Crippen molar-refractivity contribution in [2.75, 3.05) is 6.54 Å². The number of nitrogens with zero attached hydrogens (tertiary/aromatic N) is 1. The number of hydrogen-bond acceptors (Lipinski definition) is 3. The molecule has 5 nitrogen and oxygen atoms in total. The lowest BCUT2D eigenvalue weighted by Gasteiger charge is -2.24. The van der Waals surface area contributed by atoms with Gasteiger partial charge in [0.05, 0.1) is 5.41 Å². The Morgan fingerprint density at radius 3 is 2.73 bits per heavy atom. The molecule has 2 amide bonds. The molecule has 1 aliphatic heterocycles. The van der Waals surface area contributed by atoms with Crippen LogP contribution in [0.15, 0.2) is 16.8 Å². The first-order valence-corrected chi connectivity index (χ1v) is 4.83. The van der Waals surface area contributed by atoms with E-state index in [4.69, 9.17) is 5.73 Å². The highest BCUT2D eigenvalue weighted by atomic mass is 16.2. The number of nitrogens with one attached hydrogen (secondary N) is 1. The molecule has 0 saturated heterocycles. The highest BCUT2D eigenvalue weighted by molar-refractivity contribution is 6.02. The topological polar surface area (TPSA) is 84.6 Å². The number of allylic oxidation sites excluding steroid dienone is 1. The molecule has 1 rings (SSSR count). The monoisotopic (exact) mass is 209 g/mol. The first-order valence-electron chi connectivity index (χ1n) is 4.83. The van der Waals surface area contributed by atoms with Crippen molar-refractivity contribution >= 4 is 18.0 Å². The minimum Gasteiger partial charge on any atom is -0.364 e. The Bertz CT molecular complexity index is 347. The van der Waals surface area contributed by atoms with Gasteiger partial charge in [0.1, 0.15) is 5.70 Å². The van der Waals surface area contributed by atoms with E-state index >= 15 is 0 Å². The van der Waals surface area contributed by atoms with E-state index in [1.165, 1.54) is 6.21 Å². The van der Waals surface area contributed by atoms with Gasteiger partial charge in [0.25, 0.3) is 5.91 Å². The number of amides is 2. The number of rotatable bonds is 3. The Hall–Kier alpha value is -1.65. The fourth-order valence-corrected chi connectivity index (χ4v) is 1.30. The zero-order chi connectivity index (χ0) is 11.5. The van der Waals surface area contributed by atoms with Gasteiger partial charge in [0, 0.05) is 12.8 Å². The third-order valence-electron chi connectivity index (χ3n) is 2.32. The summed E-state index contributed by atoms with van der Waals surface area (Å²) in [5.41, 5.74) is 4.62. The second kappa shape index (κ2) is 4.25. The van der Waals surface area contributed by atoms with Crippen LogP contribution in [0.3, 0.4) is 0 Å². The summed E-state index contributed by atoms with van der Waals surface area (Å²) < 4.78 is 0. The third-order valence-corrected chi connectivity index (χ3v) is 2.32. The lowest BCUT2D eigenvalue weighted by molar-refractivity contribution is -0.126.